The van der Waals surface area contributed by atoms with Gasteiger partial charge in [0.25, 0.3) is 0 Å². The lowest BCUT2D eigenvalue weighted by atomic mass is 10.1. The molecule has 1 rings (SSSR count). The van der Waals surface area contributed by atoms with Crippen LogP contribution in [-0.4, -0.2) is 26.7 Å². The Morgan fingerprint density at radius 3 is 2.74 bits per heavy atom. The smallest absolute Gasteiger partial charge is 0.233 e. The lowest BCUT2D eigenvalue weighted by molar-refractivity contribution is 0.263. The predicted octanol–water partition coefficient (Wildman–Crippen LogP) is 2.25. The van der Waals surface area contributed by atoms with E-state index in [1.807, 2.05) is 6.92 Å². The average Bonchev–Trinajstić information content (AvgIpc) is 2.36. The van der Waals surface area contributed by atoms with Crippen molar-refractivity contribution in [2.75, 3.05) is 13.2 Å². The van der Waals surface area contributed by atoms with Gasteiger partial charge in [-0.2, -0.15) is 0 Å². The van der Waals surface area contributed by atoms with Crippen molar-refractivity contribution >= 4 is 27.7 Å². The van der Waals surface area contributed by atoms with Crippen LogP contribution in [0.15, 0.2) is 29.7 Å². The van der Waals surface area contributed by atoms with E-state index in [1.54, 1.807) is 24.3 Å². The third kappa shape index (κ3) is 6.20. The van der Waals surface area contributed by atoms with Crippen LogP contribution in [0.2, 0.25) is 5.02 Å². The van der Waals surface area contributed by atoms with Gasteiger partial charge >= 0.3 is 0 Å². The highest BCUT2D eigenvalue weighted by molar-refractivity contribution is 7.92. The standard InChI is InChI=1S/C13H18ClNO3S/c1-11(6-8-16)10-15-19(17,18)9-7-12-4-2-3-5-13(12)14/h2-5,7,9,11,15-16H,6,8,10H2,1H3/b9-7+. The Morgan fingerprint density at radius 1 is 1.42 bits per heavy atom. The van der Waals surface area contributed by atoms with Gasteiger partial charge in [-0.15, -0.1) is 0 Å². The molecule has 1 aromatic carbocycles. The number of rotatable bonds is 7. The highest BCUT2D eigenvalue weighted by atomic mass is 35.5. The van der Waals surface area contributed by atoms with E-state index in [-0.39, 0.29) is 12.5 Å². The van der Waals surface area contributed by atoms with Crippen molar-refractivity contribution in [3.05, 3.63) is 40.3 Å². The summed E-state index contributed by atoms with van der Waals surface area (Å²) >= 11 is 5.93. The Kier molecular flexibility index (Phi) is 6.51. The van der Waals surface area contributed by atoms with Gasteiger partial charge in [0.15, 0.2) is 0 Å². The van der Waals surface area contributed by atoms with E-state index in [0.29, 0.717) is 23.6 Å². The first kappa shape index (κ1) is 16.2. The van der Waals surface area contributed by atoms with E-state index < -0.39 is 10.0 Å². The number of aliphatic hydroxyl groups is 1. The van der Waals surface area contributed by atoms with Gasteiger partial charge in [0.05, 0.1) is 0 Å². The van der Waals surface area contributed by atoms with Gasteiger partial charge in [-0.3, -0.25) is 0 Å². The van der Waals surface area contributed by atoms with Crippen LogP contribution < -0.4 is 4.72 Å². The third-order valence-corrected chi connectivity index (χ3v) is 3.99. The summed E-state index contributed by atoms with van der Waals surface area (Å²) in [6.07, 6.45) is 2.03. The van der Waals surface area contributed by atoms with Crippen LogP contribution in [0.3, 0.4) is 0 Å². The number of nitrogens with one attached hydrogen (secondary N) is 1. The fraction of sp³-hybridized carbons (Fsp3) is 0.385. The molecule has 0 saturated heterocycles. The van der Waals surface area contributed by atoms with E-state index in [9.17, 15) is 8.42 Å². The van der Waals surface area contributed by atoms with Crippen molar-refractivity contribution in [2.24, 2.45) is 5.92 Å². The largest absolute Gasteiger partial charge is 0.396 e. The Morgan fingerprint density at radius 2 is 2.11 bits per heavy atom. The van der Waals surface area contributed by atoms with Crippen LogP contribution in [0.5, 0.6) is 0 Å². The van der Waals surface area contributed by atoms with E-state index in [1.165, 1.54) is 6.08 Å². The molecule has 0 amide bonds. The van der Waals surface area contributed by atoms with E-state index in [2.05, 4.69) is 4.72 Å². The Bertz CT molecular complexity index is 528. The van der Waals surface area contributed by atoms with Crippen molar-refractivity contribution in [1.82, 2.24) is 4.72 Å². The molecule has 1 aromatic rings. The highest BCUT2D eigenvalue weighted by Crippen LogP contribution is 2.16. The molecular weight excluding hydrogens is 286 g/mol. The molecule has 2 N–H and O–H groups in total. The van der Waals surface area contributed by atoms with E-state index in [4.69, 9.17) is 16.7 Å². The van der Waals surface area contributed by atoms with Gasteiger partial charge < -0.3 is 5.11 Å². The summed E-state index contributed by atoms with van der Waals surface area (Å²) in [5.41, 5.74) is 0.651. The molecule has 6 heteroatoms. The summed E-state index contributed by atoms with van der Waals surface area (Å²) in [5, 5.41) is 10.3. The zero-order valence-corrected chi connectivity index (χ0v) is 12.3. The number of benzene rings is 1. The van der Waals surface area contributed by atoms with Gasteiger partial charge in [0, 0.05) is 23.6 Å². The maximum absolute atomic E-state index is 11.7. The molecule has 1 unspecified atom stereocenters. The molecule has 0 heterocycles. The zero-order valence-electron chi connectivity index (χ0n) is 10.7. The average molecular weight is 304 g/mol. The van der Waals surface area contributed by atoms with Crippen LogP contribution >= 0.6 is 11.6 Å². The molecule has 0 spiro atoms. The minimum absolute atomic E-state index is 0.0539. The minimum Gasteiger partial charge on any atom is -0.396 e. The topological polar surface area (TPSA) is 66.4 Å². The van der Waals surface area contributed by atoms with Crippen molar-refractivity contribution in [1.29, 1.82) is 0 Å². The van der Waals surface area contributed by atoms with Gasteiger partial charge in [0.1, 0.15) is 0 Å². The summed E-state index contributed by atoms with van der Waals surface area (Å²) in [5.74, 6) is 0.0912. The predicted molar refractivity (Wildman–Crippen MR) is 78.3 cm³/mol. The van der Waals surface area contributed by atoms with Crippen molar-refractivity contribution in [3.63, 3.8) is 0 Å². The summed E-state index contributed by atoms with van der Waals surface area (Å²) in [6.45, 7) is 2.23. The third-order valence-electron chi connectivity index (χ3n) is 2.59. The molecule has 0 aliphatic rings. The quantitative estimate of drug-likeness (QED) is 0.812. The van der Waals surface area contributed by atoms with Crippen molar-refractivity contribution in [2.45, 2.75) is 13.3 Å². The monoisotopic (exact) mass is 303 g/mol. The molecule has 106 valence electrons. The lowest BCUT2D eigenvalue weighted by Crippen LogP contribution is -2.27. The summed E-state index contributed by atoms with van der Waals surface area (Å²) in [4.78, 5) is 0. The second-order valence-electron chi connectivity index (χ2n) is 4.34. The first-order chi connectivity index (χ1) is 8.94. The van der Waals surface area contributed by atoms with Crippen LogP contribution in [-0.2, 0) is 10.0 Å². The van der Waals surface area contributed by atoms with Crippen molar-refractivity contribution in [3.8, 4) is 0 Å². The molecule has 0 aliphatic heterocycles. The maximum atomic E-state index is 11.7. The fourth-order valence-electron chi connectivity index (χ4n) is 1.40. The van der Waals surface area contributed by atoms with Gasteiger partial charge in [0.2, 0.25) is 10.0 Å². The summed E-state index contributed by atoms with van der Waals surface area (Å²) < 4.78 is 25.9. The number of halogens is 1. The molecule has 4 nitrogen and oxygen atoms in total. The second kappa shape index (κ2) is 7.65. The molecule has 0 saturated carbocycles. The number of sulfonamides is 1. The molecule has 0 radical (unpaired) electrons. The Balaban J connectivity index is 2.62. The molecule has 0 aliphatic carbocycles. The summed E-state index contributed by atoms with van der Waals surface area (Å²) in [6, 6.07) is 7.01. The normalized spacial score (nSPS) is 13.8. The zero-order chi connectivity index (χ0) is 14.3. The Hall–Kier alpha value is -0.880. The SMILES string of the molecule is CC(CCO)CNS(=O)(=O)/C=C/c1ccccc1Cl. The Labute approximate surface area is 119 Å². The first-order valence-electron chi connectivity index (χ1n) is 5.98. The van der Waals surface area contributed by atoms with Crippen LogP contribution in [0.25, 0.3) is 6.08 Å². The van der Waals surface area contributed by atoms with Crippen molar-refractivity contribution < 1.29 is 13.5 Å². The fourth-order valence-corrected chi connectivity index (χ4v) is 2.54. The van der Waals surface area contributed by atoms with E-state index in [0.717, 1.165) is 5.41 Å². The van der Waals surface area contributed by atoms with Gasteiger partial charge in [-0.25, -0.2) is 13.1 Å². The van der Waals surface area contributed by atoms with E-state index >= 15 is 0 Å². The van der Waals surface area contributed by atoms with Gasteiger partial charge in [-0.05, 0) is 30.0 Å². The first-order valence-corrected chi connectivity index (χ1v) is 7.90. The maximum Gasteiger partial charge on any atom is 0.233 e. The molecule has 0 fully saturated rings. The van der Waals surface area contributed by atoms with Crippen LogP contribution in [0.1, 0.15) is 18.9 Å². The number of aliphatic hydroxyl groups excluding tert-OH is 1. The molecule has 0 bridgehead atoms. The molecular formula is C13H18ClNO3S. The molecule has 0 aromatic heterocycles. The summed E-state index contributed by atoms with van der Waals surface area (Å²) in [7, 11) is -3.48. The second-order valence-corrected chi connectivity index (χ2v) is 6.39. The minimum atomic E-state index is -3.48. The van der Waals surface area contributed by atoms with Crippen LogP contribution in [0, 0.1) is 5.92 Å². The number of hydrogen-bond donors (Lipinski definition) is 2. The lowest BCUT2D eigenvalue weighted by Gasteiger charge is -2.09. The molecule has 19 heavy (non-hydrogen) atoms. The van der Waals surface area contributed by atoms with Gasteiger partial charge in [-0.1, -0.05) is 36.7 Å². The number of hydrogen-bond acceptors (Lipinski definition) is 3. The van der Waals surface area contributed by atoms with Crippen LogP contribution in [0.4, 0.5) is 0 Å². The molecule has 1 atom stereocenters. The highest BCUT2D eigenvalue weighted by Gasteiger charge is 2.08.